The first kappa shape index (κ1) is 21.0. The molecule has 3 aromatic carbocycles. The molecule has 148 valence electrons. The number of benzene rings is 3. The molecule has 0 fully saturated rings. The number of thioether (sulfide) groups is 1. The lowest BCUT2D eigenvalue weighted by Crippen LogP contribution is -2.15. The molecule has 0 bridgehead atoms. The van der Waals surface area contributed by atoms with Crippen LogP contribution in [0.1, 0.15) is 21.5 Å². The van der Waals surface area contributed by atoms with E-state index in [1.54, 1.807) is 18.2 Å². The highest BCUT2D eigenvalue weighted by atomic mass is 35.5. The molecule has 0 radical (unpaired) electrons. The Morgan fingerprint density at radius 2 is 1.69 bits per heavy atom. The van der Waals surface area contributed by atoms with Gasteiger partial charge in [-0.2, -0.15) is 0 Å². The molecule has 3 aromatic rings. The fraction of sp³-hybridized carbons (Fsp3) is 0.130. The van der Waals surface area contributed by atoms with Gasteiger partial charge in [-0.3, -0.25) is 9.59 Å². The molecule has 0 aliphatic carbocycles. The van der Waals surface area contributed by atoms with E-state index >= 15 is 0 Å². The van der Waals surface area contributed by atoms with Gasteiger partial charge >= 0.3 is 0 Å². The quantitative estimate of drug-likeness (QED) is 0.481. The molecule has 0 aliphatic heterocycles. The molecular weight excluding hydrogens is 404 g/mol. The average Bonchev–Trinajstić information content (AvgIpc) is 2.70. The van der Waals surface area contributed by atoms with Gasteiger partial charge in [0.2, 0.25) is 5.91 Å². The van der Waals surface area contributed by atoms with Crippen LogP contribution in [-0.4, -0.2) is 17.6 Å². The maximum atomic E-state index is 12.5. The summed E-state index contributed by atoms with van der Waals surface area (Å²) >= 11 is 7.40. The normalized spacial score (nSPS) is 10.4. The topological polar surface area (TPSA) is 58.2 Å². The highest BCUT2D eigenvalue weighted by Crippen LogP contribution is 2.24. The molecule has 4 nitrogen and oxygen atoms in total. The van der Waals surface area contributed by atoms with E-state index in [4.69, 9.17) is 11.6 Å². The first-order chi connectivity index (χ1) is 13.9. The van der Waals surface area contributed by atoms with E-state index in [1.165, 1.54) is 11.8 Å². The van der Waals surface area contributed by atoms with E-state index in [9.17, 15) is 9.59 Å². The first-order valence-electron chi connectivity index (χ1n) is 9.08. The predicted octanol–water partition coefficient (Wildman–Crippen LogP) is 5.94. The number of amides is 2. The van der Waals surface area contributed by atoms with Crippen molar-refractivity contribution in [1.29, 1.82) is 0 Å². The highest BCUT2D eigenvalue weighted by Gasteiger charge is 2.10. The van der Waals surface area contributed by atoms with Crippen LogP contribution >= 0.6 is 23.4 Å². The largest absolute Gasteiger partial charge is 0.325 e. The van der Waals surface area contributed by atoms with Gasteiger partial charge in [0.05, 0.1) is 5.75 Å². The number of anilines is 2. The molecule has 0 heterocycles. The Morgan fingerprint density at radius 3 is 2.48 bits per heavy atom. The first-order valence-corrected chi connectivity index (χ1v) is 10.4. The van der Waals surface area contributed by atoms with E-state index in [0.29, 0.717) is 22.0 Å². The summed E-state index contributed by atoms with van der Waals surface area (Å²) < 4.78 is 0. The van der Waals surface area contributed by atoms with Crippen molar-refractivity contribution in [3.63, 3.8) is 0 Å². The van der Waals surface area contributed by atoms with Crippen molar-refractivity contribution in [1.82, 2.24) is 0 Å². The van der Waals surface area contributed by atoms with Gasteiger partial charge in [0.1, 0.15) is 0 Å². The second-order valence-corrected chi connectivity index (χ2v) is 8.08. The maximum absolute atomic E-state index is 12.5. The third-order valence-corrected chi connectivity index (χ3v) is 5.55. The molecule has 0 spiro atoms. The van der Waals surface area contributed by atoms with Gasteiger partial charge in [-0.25, -0.2) is 0 Å². The van der Waals surface area contributed by atoms with Gasteiger partial charge in [0.15, 0.2) is 0 Å². The Morgan fingerprint density at radius 1 is 0.897 bits per heavy atom. The molecule has 0 aliphatic rings. The summed E-state index contributed by atoms with van der Waals surface area (Å²) in [6.45, 7) is 3.82. The number of carbonyl (C=O) groups is 2. The van der Waals surface area contributed by atoms with Gasteiger partial charge < -0.3 is 10.6 Å². The smallest absolute Gasteiger partial charge is 0.255 e. The van der Waals surface area contributed by atoms with Crippen LogP contribution in [0, 0.1) is 13.8 Å². The fourth-order valence-electron chi connectivity index (χ4n) is 2.75. The lowest BCUT2D eigenvalue weighted by Gasteiger charge is -2.10. The molecule has 0 aromatic heterocycles. The van der Waals surface area contributed by atoms with E-state index in [0.717, 1.165) is 16.0 Å². The van der Waals surface area contributed by atoms with Gasteiger partial charge in [0, 0.05) is 26.9 Å². The Kier molecular flexibility index (Phi) is 6.96. The van der Waals surface area contributed by atoms with Crippen molar-refractivity contribution in [2.24, 2.45) is 0 Å². The molecular formula is C23H21ClN2O2S. The second-order valence-electron chi connectivity index (χ2n) is 6.59. The molecule has 3 rings (SSSR count). The Labute approximate surface area is 179 Å². The SMILES string of the molecule is Cc1ccc(Cl)cc1NC(=O)CSc1cccc(NC(=O)c2ccccc2C)c1. The minimum atomic E-state index is -0.153. The number of hydrogen-bond donors (Lipinski definition) is 2. The van der Waals surface area contributed by atoms with Crippen LogP contribution in [0.2, 0.25) is 5.02 Å². The number of hydrogen-bond acceptors (Lipinski definition) is 3. The zero-order chi connectivity index (χ0) is 20.8. The van der Waals surface area contributed by atoms with Crippen LogP contribution in [0.4, 0.5) is 11.4 Å². The van der Waals surface area contributed by atoms with Crippen LogP contribution in [-0.2, 0) is 4.79 Å². The number of rotatable bonds is 6. The lowest BCUT2D eigenvalue weighted by molar-refractivity contribution is -0.113. The van der Waals surface area contributed by atoms with E-state index in [1.807, 2.05) is 62.4 Å². The maximum Gasteiger partial charge on any atom is 0.255 e. The van der Waals surface area contributed by atoms with Crippen LogP contribution in [0.3, 0.4) is 0 Å². The Bertz CT molecular complexity index is 1050. The van der Waals surface area contributed by atoms with Crippen LogP contribution in [0.15, 0.2) is 71.6 Å². The van der Waals surface area contributed by atoms with Gasteiger partial charge in [-0.15, -0.1) is 11.8 Å². The van der Waals surface area contributed by atoms with Gasteiger partial charge in [-0.1, -0.05) is 41.9 Å². The zero-order valence-electron chi connectivity index (χ0n) is 16.2. The molecule has 2 N–H and O–H groups in total. The second kappa shape index (κ2) is 9.63. The minimum absolute atomic E-state index is 0.116. The number of carbonyl (C=O) groups excluding carboxylic acids is 2. The Balaban J connectivity index is 1.60. The number of halogens is 1. The minimum Gasteiger partial charge on any atom is -0.325 e. The van der Waals surface area contributed by atoms with E-state index < -0.39 is 0 Å². The highest BCUT2D eigenvalue weighted by molar-refractivity contribution is 8.00. The van der Waals surface area contributed by atoms with Gasteiger partial charge in [-0.05, 0) is 61.4 Å². The molecule has 2 amide bonds. The number of nitrogens with one attached hydrogen (secondary N) is 2. The molecule has 0 saturated carbocycles. The van der Waals surface area contributed by atoms with Crippen molar-refractivity contribution >= 4 is 46.6 Å². The zero-order valence-corrected chi connectivity index (χ0v) is 17.7. The lowest BCUT2D eigenvalue weighted by atomic mass is 10.1. The van der Waals surface area contributed by atoms with Crippen molar-refractivity contribution in [3.05, 3.63) is 88.4 Å². The van der Waals surface area contributed by atoms with Crippen LogP contribution < -0.4 is 10.6 Å². The monoisotopic (exact) mass is 424 g/mol. The van der Waals surface area contributed by atoms with Crippen molar-refractivity contribution in [2.75, 3.05) is 16.4 Å². The molecule has 29 heavy (non-hydrogen) atoms. The van der Waals surface area contributed by atoms with Gasteiger partial charge in [0.25, 0.3) is 5.91 Å². The van der Waals surface area contributed by atoms with E-state index in [-0.39, 0.29) is 17.6 Å². The summed E-state index contributed by atoms with van der Waals surface area (Å²) in [5, 5.41) is 6.37. The average molecular weight is 425 g/mol. The molecule has 6 heteroatoms. The Hall–Kier alpha value is -2.76. The fourth-order valence-corrected chi connectivity index (χ4v) is 3.68. The molecule has 0 unspecified atom stereocenters. The predicted molar refractivity (Wildman–Crippen MR) is 121 cm³/mol. The third-order valence-electron chi connectivity index (χ3n) is 4.33. The molecule has 0 atom stereocenters. The van der Waals surface area contributed by atoms with Crippen molar-refractivity contribution in [2.45, 2.75) is 18.7 Å². The van der Waals surface area contributed by atoms with Crippen LogP contribution in [0.25, 0.3) is 0 Å². The van der Waals surface area contributed by atoms with E-state index in [2.05, 4.69) is 10.6 Å². The summed E-state index contributed by atoms with van der Waals surface area (Å²) in [7, 11) is 0. The molecule has 0 saturated heterocycles. The van der Waals surface area contributed by atoms with Crippen molar-refractivity contribution in [3.8, 4) is 0 Å². The third kappa shape index (κ3) is 5.86. The van der Waals surface area contributed by atoms with Crippen LogP contribution in [0.5, 0.6) is 0 Å². The summed E-state index contributed by atoms with van der Waals surface area (Å²) in [6, 6.07) is 20.3. The standard InChI is InChI=1S/C23H21ClN2O2S/c1-15-6-3-4-9-20(15)23(28)25-18-7-5-8-19(13-18)29-14-22(27)26-21-12-17(24)11-10-16(21)2/h3-13H,14H2,1-2H3,(H,25,28)(H,26,27). The number of aryl methyl sites for hydroxylation is 2. The summed E-state index contributed by atoms with van der Waals surface area (Å²) in [5.41, 5.74) is 3.91. The summed E-state index contributed by atoms with van der Waals surface area (Å²) in [5.74, 6) is -0.0182. The summed E-state index contributed by atoms with van der Waals surface area (Å²) in [4.78, 5) is 25.7. The van der Waals surface area contributed by atoms with Crippen molar-refractivity contribution < 1.29 is 9.59 Å². The summed E-state index contributed by atoms with van der Waals surface area (Å²) in [6.07, 6.45) is 0.